The molecule has 0 fully saturated rings. The third-order valence-electron chi connectivity index (χ3n) is 3.23. The van der Waals surface area contributed by atoms with E-state index in [9.17, 15) is 8.42 Å². The first-order chi connectivity index (χ1) is 10.3. The maximum atomic E-state index is 9.70. The van der Waals surface area contributed by atoms with Gasteiger partial charge in [0.15, 0.2) is 0 Å². The van der Waals surface area contributed by atoms with E-state index in [1.807, 2.05) is 0 Å². The molecule has 0 saturated heterocycles. The van der Waals surface area contributed by atoms with Crippen molar-refractivity contribution in [3.05, 3.63) is 0 Å². The molecule has 5 nitrogen and oxygen atoms in total. The van der Waals surface area contributed by atoms with Crippen molar-refractivity contribution in [2.75, 3.05) is 0 Å². The molecular weight excluding hydrogens is 302 g/mol. The lowest BCUT2D eigenvalue weighted by atomic mass is 10.1. The van der Waals surface area contributed by atoms with Crippen LogP contribution in [0.15, 0.2) is 0 Å². The van der Waals surface area contributed by atoms with E-state index in [2.05, 4.69) is 18.0 Å². The van der Waals surface area contributed by atoms with E-state index in [1.165, 1.54) is 84.0 Å². The highest BCUT2D eigenvalue weighted by molar-refractivity contribution is 7.80. The summed E-state index contributed by atoms with van der Waals surface area (Å²) >= 11 is 0. The van der Waals surface area contributed by atoms with Gasteiger partial charge in [-0.15, -0.1) is 0 Å². The van der Waals surface area contributed by atoms with Gasteiger partial charge >= 0.3 is 10.4 Å². The Balaban J connectivity index is 0. The molecular formula is C16H37NO4S. The van der Waals surface area contributed by atoms with Crippen LogP contribution >= 0.6 is 0 Å². The molecule has 0 bridgehead atoms. The van der Waals surface area contributed by atoms with E-state index < -0.39 is 16.6 Å². The van der Waals surface area contributed by atoms with Crippen LogP contribution in [0.3, 0.4) is 0 Å². The number of hydrogen-bond donors (Lipinski definition) is 2. The van der Waals surface area contributed by atoms with Crippen LogP contribution in [0.2, 0.25) is 0 Å². The summed E-state index contributed by atoms with van der Waals surface area (Å²) in [5.74, 6) is 0. The van der Waals surface area contributed by atoms with Crippen molar-refractivity contribution in [2.24, 2.45) is 5.73 Å². The van der Waals surface area contributed by atoms with E-state index >= 15 is 0 Å². The fourth-order valence-corrected chi connectivity index (χ4v) is 2.49. The second kappa shape index (κ2) is 17.2. The zero-order valence-electron chi connectivity index (χ0n) is 14.7. The highest BCUT2D eigenvalue weighted by Gasteiger charge is 2.05. The number of rotatable bonds is 13. The molecule has 0 heterocycles. The molecule has 22 heavy (non-hydrogen) atoms. The van der Waals surface area contributed by atoms with E-state index in [0.717, 1.165) is 0 Å². The zero-order valence-corrected chi connectivity index (χ0v) is 15.5. The first-order valence-corrected chi connectivity index (χ1v) is 10.1. The molecule has 136 valence electrons. The topological polar surface area (TPSA) is 89.6 Å². The van der Waals surface area contributed by atoms with Gasteiger partial charge in [-0.1, -0.05) is 90.9 Å². The number of unbranched alkanes of at least 4 members (excludes halogenated alkanes) is 11. The molecule has 3 N–H and O–H groups in total. The lowest BCUT2D eigenvalue weighted by molar-refractivity contribution is 0.204. The van der Waals surface area contributed by atoms with E-state index in [0.29, 0.717) is 0 Å². The second-order valence-corrected chi connectivity index (χ2v) is 6.81. The van der Waals surface area contributed by atoms with Crippen LogP contribution in [0.4, 0.5) is 0 Å². The summed E-state index contributed by atoms with van der Waals surface area (Å²) in [6.07, 6.45) is 16.4. The van der Waals surface area contributed by atoms with Gasteiger partial charge in [0.1, 0.15) is 6.23 Å². The van der Waals surface area contributed by atoms with E-state index in [-0.39, 0.29) is 0 Å². The van der Waals surface area contributed by atoms with Crippen molar-refractivity contribution in [3.8, 4) is 0 Å². The first-order valence-electron chi connectivity index (χ1n) is 8.74. The van der Waals surface area contributed by atoms with Gasteiger partial charge in [0, 0.05) is 0 Å². The van der Waals surface area contributed by atoms with E-state index in [4.69, 9.17) is 10.3 Å². The van der Waals surface area contributed by atoms with Gasteiger partial charge in [0.05, 0.1) is 0 Å². The summed E-state index contributed by atoms with van der Waals surface area (Å²) < 4.78 is 31.0. The lowest BCUT2D eigenvalue weighted by Crippen LogP contribution is -2.22. The molecule has 0 rings (SSSR count). The Morgan fingerprint density at radius 2 is 1.09 bits per heavy atom. The standard InChI is InChI=1S/C14H30.C2H7NO4S/c1-3-5-7-9-11-13-14-12-10-8-6-4-2;1-2(3)7-8(4,5)6/h3-14H2,1-2H3;2H,3H2,1H3,(H,4,5,6). The zero-order chi connectivity index (χ0) is 17.3. The smallest absolute Gasteiger partial charge is 0.305 e. The van der Waals surface area contributed by atoms with Crippen molar-refractivity contribution in [1.29, 1.82) is 0 Å². The molecule has 0 aliphatic carbocycles. The van der Waals surface area contributed by atoms with Crippen LogP contribution in [0.25, 0.3) is 0 Å². The minimum absolute atomic E-state index is 0.995. The van der Waals surface area contributed by atoms with Gasteiger partial charge in [0.2, 0.25) is 0 Å². The minimum Gasteiger partial charge on any atom is -0.305 e. The van der Waals surface area contributed by atoms with Gasteiger partial charge < -0.3 is 5.73 Å². The van der Waals surface area contributed by atoms with Gasteiger partial charge in [0.25, 0.3) is 0 Å². The highest BCUT2D eigenvalue weighted by atomic mass is 32.3. The van der Waals surface area contributed by atoms with Crippen molar-refractivity contribution in [2.45, 2.75) is 104 Å². The van der Waals surface area contributed by atoms with Crippen molar-refractivity contribution in [1.82, 2.24) is 0 Å². The second-order valence-electron chi connectivity index (χ2n) is 5.76. The minimum atomic E-state index is -4.35. The molecule has 0 amide bonds. The Labute approximate surface area is 138 Å². The molecule has 0 saturated carbocycles. The summed E-state index contributed by atoms with van der Waals surface area (Å²) in [5.41, 5.74) is 4.82. The van der Waals surface area contributed by atoms with Gasteiger partial charge in [-0.3, -0.25) is 4.55 Å². The molecule has 0 aliphatic rings. The summed E-state index contributed by atoms with van der Waals surface area (Å²) in [6.45, 7) is 5.86. The molecule has 1 atom stereocenters. The molecule has 1 unspecified atom stereocenters. The van der Waals surface area contributed by atoms with Crippen LogP contribution in [0, 0.1) is 0 Å². The quantitative estimate of drug-likeness (QED) is 0.285. The van der Waals surface area contributed by atoms with Crippen molar-refractivity contribution >= 4 is 10.4 Å². The predicted octanol–water partition coefficient (Wildman–Crippen LogP) is 4.82. The molecule has 0 aliphatic heterocycles. The van der Waals surface area contributed by atoms with Gasteiger partial charge in [-0.25, -0.2) is 4.18 Å². The average molecular weight is 340 g/mol. The molecule has 6 heteroatoms. The van der Waals surface area contributed by atoms with Crippen LogP contribution in [-0.2, 0) is 14.6 Å². The number of nitrogens with two attached hydrogens (primary N) is 1. The fourth-order valence-electron chi connectivity index (χ4n) is 2.11. The lowest BCUT2D eigenvalue weighted by Gasteiger charge is -2.01. The van der Waals surface area contributed by atoms with Crippen molar-refractivity contribution < 1.29 is 17.2 Å². The summed E-state index contributed by atoms with van der Waals surface area (Å²) in [7, 11) is -4.35. The van der Waals surface area contributed by atoms with Crippen LogP contribution in [0.1, 0.15) is 97.8 Å². The molecule has 0 radical (unpaired) electrons. The molecule has 0 spiro atoms. The third kappa shape index (κ3) is 28.1. The monoisotopic (exact) mass is 339 g/mol. The number of hydrogen-bond acceptors (Lipinski definition) is 4. The summed E-state index contributed by atoms with van der Waals surface area (Å²) in [6, 6.07) is 0. The Hall–Kier alpha value is -0.170. The van der Waals surface area contributed by atoms with Crippen LogP contribution in [0.5, 0.6) is 0 Å². The SMILES string of the molecule is CC(N)OS(=O)(=O)O.CCCCCCCCCCCCCC. The fraction of sp³-hybridized carbons (Fsp3) is 1.00. The Kier molecular flexibility index (Phi) is 18.8. The predicted molar refractivity (Wildman–Crippen MR) is 93.0 cm³/mol. The Bertz CT molecular complexity index is 293. The molecule has 0 aromatic carbocycles. The van der Waals surface area contributed by atoms with Gasteiger partial charge in [-0.2, -0.15) is 8.42 Å². The first kappa shape index (κ1) is 24.1. The van der Waals surface area contributed by atoms with Crippen LogP contribution in [-0.4, -0.2) is 19.2 Å². The third-order valence-corrected chi connectivity index (χ3v) is 3.78. The van der Waals surface area contributed by atoms with Crippen molar-refractivity contribution in [3.63, 3.8) is 0 Å². The Morgan fingerprint density at radius 3 is 1.23 bits per heavy atom. The normalized spacial score (nSPS) is 12.6. The maximum absolute atomic E-state index is 9.70. The van der Waals surface area contributed by atoms with Gasteiger partial charge in [-0.05, 0) is 6.92 Å². The van der Waals surface area contributed by atoms with E-state index in [1.54, 1.807) is 0 Å². The van der Waals surface area contributed by atoms with Crippen LogP contribution < -0.4 is 5.73 Å². The maximum Gasteiger partial charge on any atom is 0.398 e. The summed E-state index contributed by atoms with van der Waals surface area (Å²) in [4.78, 5) is 0. The largest absolute Gasteiger partial charge is 0.398 e. The summed E-state index contributed by atoms with van der Waals surface area (Å²) in [5, 5.41) is 0. The Morgan fingerprint density at radius 1 is 0.818 bits per heavy atom. The average Bonchev–Trinajstić information content (AvgIpc) is 2.39. The molecule has 0 aromatic heterocycles. The highest BCUT2D eigenvalue weighted by Crippen LogP contribution is 2.11. The molecule has 0 aromatic rings.